The fraction of sp³-hybridized carbons (Fsp3) is 0.115. The van der Waals surface area contributed by atoms with Gasteiger partial charge in [0.15, 0.2) is 0 Å². The van der Waals surface area contributed by atoms with Crippen LogP contribution in [0.2, 0.25) is 0 Å². The molecule has 0 fully saturated rings. The van der Waals surface area contributed by atoms with Crippen molar-refractivity contribution in [1.82, 2.24) is 9.38 Å². The molecule has 0 atom stereocenters. The van der Waals surface area contributed by atoms with Crippen LogP contribution in [0.4, 0.5) is 0 Å². The Labute approximate surface area is 211 Å². The smallest absolute Gasteiger partial charge is 0.269 e. The van der Waals surface area contributed by atoms with Crippen molar-refractivity contribution >= 4 is 37.5 Å². The fourth-order valence-corrected chi connectivity index (χ4v) is 4.85. The number of fused-ring (bicyclic) bond motifs is 1. The Balaban J connectivity index is 1.93. The highest BCUT2D eigenvalue weighted by Gasteiger charge is 2.24. The van der Waals surface area contributed by atoms with Crippen molar-refractivity contribution < 1.29 is 13.2 Å². The lowest BCUT2D eigenvalue weighted by Gasteiger charge is -2.12. The number of aryl methyl sites for hydroxylation is 2. The minimum atomic E-state index is -4.20. The van der Waals surface area contributed by atoms with E-state index >= 15 is 0 Å². The first-order valence-corrected chi connectivity index (χ1v) is 12.9. The van der Waals surface area contributed by atoms with Crippen LogP contribution in [0, 0.1) is 18.3 Å². The number of nitriles is 1. The summed E-state index contributed by atoms with van der Waals surface area (Å²) in [4.78, 5) is 17.3. The van der Waals surface area contributed by atoms with Crippen molar-refractivity contribution in [1.29, 1.82) is 5.26 Å². The van der Waals surface area contributed by atoms with Crippen molar-refractivity contribution in [3.63, 3.8) is 0 Å². The van der Waals surface area contributed by atoms with E-state index in [-0.39, 0.29) is 16.3 Å². The van der Waals surface area contributed by atoms with E-state index < -0.39 is 20.3 Å². The number of pyridine rings is 1. The first-order chi connectivity index (χ1) is 16.7. The van der Waals surface area contributed by atoms with Gasteiger partial charge in [-0.05, 0) is 73.0 Å². The predicted molar refractivity (Wildman–Crippen MR) is 137 cm³/mol. The molecule has 0 saturated carbocycles. The summed E-state index contributed by atoms with van der Waals surface area (Å²) in [7, 11) is -4.20. The van der Waals surface area contributed by atoms with Gasteiger partial charge >= 0.3 is 0 Å². The maximum absolute atomic E-state index is 13.4. The summed E-state index contributed by atoms with van der Waals surface area (Å²) in [6.07, 6.45) is 3.41. The zero-order chi connectivity index (χ0) is 25.2. The van der Waals surface area contributed by atoms with Gasteiger partial charge in [-0.25, -0.2) is 8.42 Å². The van der Waals surface area contributed by atoms with E-state index in [9.17, 15) is 18.5 Å². The summed E-state index contributed by atoms with van der Waals surface area (Å²) in [6, 6.07) is 18.4. The zero-order valence-corrected chi connectivity index (χ0v) is 21.3. The average Bonchev–Trinajstić information content (AvgIpc) is 2.85. The van der Waals surface area contributed by atoms with Crippen LogP contribution < -0.4 is 10.3 Å². The number of rotatable bonds is 6. The van der Waals surface area contributed by atoms with Crippen LogP contribution in [-0.4, -0.2) is 17.8 Å². The number of allylic oxidation sites excluding steroid dienone is 1. The third-order valence-corrected chi connectivity index (χ3v) is 7.60. The second kappa shape index (κ2) is 9.86. The highest BCUT2D eigenvalue weighted by atomic mass is 79.9. The van der Waals surface area contributed by atoms with Crippen molar-refractivity contribution in [2.75, 3.05) is 0 Å². The van der Waals surface area contributed by atoms with E-state index in [1.165, 1.54) is 22.7 Å². The first-order valence-electron chi connectivity index (χ1n) is 10.7. The Morgan fingerprint density at radius 1 is 1.14 bits per heavy atom. The van der Waals surface area contributed by atoms with Crippen LogP contribution in [0.15, 0.2) is 85.9 Å². The molecule has 0 aliphatic heterocycles. The summed E-state index contributed by atoms with van der Waals surface area (Å²) in [5, 5.41) is 9.75. The third-order valence-electron chi connectivity index (χ3n) is 5.39. The lowest BCUT2D eigenvalue weighted by molar-refractivity contribution is 0.460. The molecule has 0 radical (unpaired) electrons. The van der Waals surface area contributed by atoms with Gasteiger partial charge in [-0.3, -0.25) is 9.20 Å². The molecular formula is C26H20BrN3O4S. The number of ether oxygens (including phenoxy) is 1. The molecule has 9 heteroatoms. The fourth-order valence-electron chi connectivity index (χ4n) is 3.44. The quantitative estimate of drug-likeness (QED) is 0.296. The second-order valence-corrected chi connectivity index (χ2v) is 10.5. The molecule has 0 bridgehead atoms. The SMILES string of the molecule is CCc1ccc(Oc2nc3c(C)cccn3c(=O)c2C=C(C#N)S(=O)(=O)c2ccc(Br)cc2)cc1. The molecule has 4 rings (SSSR count). The number of halogens is 1. The van der Waals surface area contributed by atoms with Crippen LogP contribution >= 0.6 is 15.9 Å². The van der Waals surface area contributed by atoms with E-state index in [0.29, 0.717) is 15.9 Å². The number of hydrogen-bond acceptors (Lipinski definition) is 6. The molecule has 0 aliphatic carbocycles. The molecule has 176 valence electrons. The molecule has 2 aromatic carbocycles. The molecule has 2 aromatic heterocycles. The Bertz CT molecular complexity index is 1650. The molecule has 0 spiro atoms. The number of benzene rings is 2. The Kier molecular flexibility index (Phi) is 6.87. The largest absolute Gasteiger partial charge is 0.438 e. The highest BCUT2D eigenvalue weighted by molar-refractivity contribution is 9.10. The Morgan fingerprint density at radius 2 is 1.83 bits per heavy atom. The predicted octanol–water partition coefficient (Wildman–Crippen LogP) is 5.46. The summed E-state index contributed by atoms with van der Waals surface area (Å²) < 4.78 is 34.3. The van der Waals surface area contributed by atoms with Crippen molar-refractivity contribution in [2.45, 2.75) is 25.2 Å². The number of aromatic nitrogens is 2. The number of hydrogen-bond donors (Lipinski definition) is 0. The first kappa shape index (κ1) is 24.4. The van der Waals surface area contributed by atoms with Gasteiger partial charge in [-0.1, -0.05) is 41.1 Å². The van der Waals surface area contributed by atoms with Gasteiger partial charge in [0.05, 0.1) is 4.90 Å². The van der Waals surface area contributed by atoms with Gasteiger partial charge in [0.1, 0.15) is 27.9 Å². The van der Waals surface area contributed by atoms with E-state index in [4.69, 9.17) is 4.74 Å². The number of nitrogens with zero attached hydrogens (tertiary/aromatic N) is 3. The highest BCUT2D eigenvalue weighted by Crippen LogP contribution is 2.28. The topological polar surface area (TPSA) is 102 Å². The lowest BCUT2D eigenvalue weighted by atomic mass is 10.2. The van der Waals surface area contributed by atoms with Crippen molar-refractivity contribution in [2.24, 2.45) is 0 Å². The van der Waals surface area contributed by atoms with Crippen molar-refractivity contribution in [3.8, 4) is 17.7 Å². The maximum atomic E-state index is 13.4. The summed E-state index contributed by atoms with van der Waals surface area (Å²) in [5.74, 6) is 0.336. The van der Waals surface area contributed by atoms with Crippen LogP contribution in [0.5, 0.6) is 11.6 Å². The van der Waals surface area contributed by atoms with Crippen LogP contribution in [0.25, 0.3) is 11.7 Å². The molecule has 35 heavy (non-hydrogen) atoms. The van der Waals surface area contributed by atoms with Gasteiger partial charge < -0.3 is 4.74 Å². The molecule has 0 amide bonds. The van der Waals surface area contributed by atoms with Gasteiger partial charge in [-0.15, -0.1) is 0 Å². The molecule has 0 saturated heterocycles. The van der Waals surface area contributed by atoms with Gasteiger partial charge in [0.2, 0.25) is 15.7 Å². The summed E-state index contributed by atoms with van der Waals surface area (Å²) in [5.41, 5.74) is 1.49. The minimum Gasteiger partial charge on any atom is -0.438 e. The summed E-state index contributed by atoms with van der Waals surface area (Å²) >= 11 is 3.27. The van der Waals surface area contributed by atoms with E-state index in [0.717, 1.165) is 23.6 Å². The Morgan fingerprint density at radius 3 is 2.46 bits per heavy atom. The maximum Gasteiger partial charge on any atom is 0.269 e. The average molecular weight is 550 g/mol. The monoisotopic (exact) mass is 549 g/mol. The molecule has 0 aliphatic rings. The zero-order valence-electron chi connectivity index (χ0n) is 18.9. The lowest BCUT2D eigenvalue weighted by Crippen LogP contribution is -2.20. The van der Waals surface area contributed by atoms with E-state index in [2.05, 4.69) is 20.9 Å². The van der Waals surface area contributed by atoms with Crippen LogP contribution in [0.3, 0.4) is 0 Å². The molecule has 0 unspecified atom stereocenters. The standard InChI is InChI=1S/C26H20BrN3O4S/c1-3-18-6-10-20(11-7-18)34-25-23(26(31)30-14-4-5-17(2)24(30)29-25)15-22(16-28)35(32,33)21-12-8-19(27)9-13-21/h4-15H,3H2,1-2H3. The number of sulfone groups is 1. The molecule has 2 heterocycles. The molecular weight excluding hydrogens is 530 g/mol. The van der Waals surface area contributed by atoms with E-state index in [1.54, 1.807) is 49.4 Å². The van der Waals surface area contributed by atoms with Gasteiger partial charge in [0.25, 0.3) is 5.56 Å². The van der Waals surface area contributed by atoms with Crippen LogP contribution in [0.1, 0.15) is 23.6 Å². The molecule has 0 N–H and O–H groups in total. The third kappa shape index (κ3) is 4.90. The van der Waals surface area contributed by atoms with Gasteiger partial charge in [0, 0.05) is 10.7 Å². The molecule has 7 nitrogen and oxygen atoms in total. The van der Waals surface area contributed by atoms with Crippen LogP contribution in [-0.2, 0) is 16.3 Å². The van der Waals surface area contributed by atoms with Crippen molar-refractivity contribution in [3.05, 3.63) is 103 Å². The second-order valence-electron chi connectivity index (χ2n) is 7.70. The normalized spacial score (nSPS) is 11.9. The van der Waals surface area contributed by atoms with E-state index in [1.807, 2.05) is 19.1 Å². The minimum absolute atomic E-state index is 0.0733. The van der Waals surface area contributed by atoms with Gasteiger partial charge in [-0.2, -0.15) is 10.2 Å². The summed E-state index contributed by atoms with van der Waals surface area (Å²) in [6.45, 7) is 3.83. The molecule has 4 aromatic rings. The Hall–Kier alpha value is -3.74.